The molecule has 0 unspecified atom stereocenters. The van der Waals surface area contributed by atoms with Crippen LogP contribution in [0, 0.1) is 0 Å². The number of aromatic nitrogens is 5. The quantitative estimate of drug-likeness (QED) is 0.849. The maximum atomic E-state index is 5.99. The molecule has 7 heteroatoms. The van der Waals surface area contributed by atoms with Crippen molar-refractivity contribution in [2.24, 2.45) is 0 Å². The van der Waals surface area contributed by atoms with Crippen LogP contribution in [-0.4, -0.2) is 25.1 Å². The molecule has 0 aliphatic rings. The van der Waals surface area contributed by atoms with Crippen molar-refractivity contribution in [3.63, 3.8) is 0 Å². The number of nitrogens with one attached hydrogen (secondary N) is 1. The number of hydrogen-bond donors (Lipinski definition) is 1. The van der Waals surface area contributed by atoms with Gasteiger partial charge in [0.25, 0.3) is 0 Å². The summed E-state index contributed by atoms with van der Waals surface area (Å²) in [6.07, 6.45) is 1.45. The summed E-state index contributed by atoms with van der Waals surface area (Å²) in [5.74, 6) is 0.715. The molecule has 0 saturated heterocycles. The van der Waals surface area contributed by atoms with Crippen LogP contribution in [0.1, 0.15) is 26.6 Å². The van der Waals surface area contributed by atoms with Crippen LogP contribution < -0.4 is 0 Å². The van der Waals surface area contributed by atoms with Crippen molar-refractivity contribution >= 4 is 23.4 Å². The van der Waals surface area contributed by atoms with Gasteiger partial charge >= 0.3 is 0 Å². The van der Waals surface area contributed by atoms with Crippen molar-refractivity contribution in [2.45, 2.75) is 36.4 Å². The summed E-state index contributed by atoms with van der Waals surface area (Å²) in [5.41, 5.74) is -0.137. The predicted octanol–water partition coefficient (Wildman–Crippen LogP) is 2.70. The first-order valence-corrected chi connectivity index (χ1v) is 6.23. The highest BCUT2D eigenvalue weighted by Gasteiger charge is 2.19. The highest BCUT2D eigenvalue weighted by Crippen LogP contribution is 2.27. The summed E-state index contributed by atoms with van der Waals surface area (Å²) in [5, 5.41) is 8.41. The van der Waals surface area contributed by atoms with Gasteiger partial charge in [-0.05, 0) is 11.8 Å². The standard InChI is InChI=1S/C10H12ClN5S/c1-10(2,3)8-14-6(11)4-7(15-8)17-9-12-5-13-16-9/h4-5H,1-3H3,(H,12,13,16). The van der Waals surface area contributed by atoms with E-state index in [1.165, 1.54) is 18.1 Å². The van der Waals surface area contributed by atoms with Crippen LogP contribution in [0.25, 0.3) is 0 Å². The summed E-state index contributed by atoms with van der Waals surface area (Å²) in [6, 6.07) is 1.71. The third kappa shape index (κ3) is 3.17. The molecule has 5 nitrogen and oxygen atoms in total. The monoisotopic (exact) mass is 269 g/mol. The fourth-order valence-corrected chi connectivity index (χ4v) is 2.07. The van der Waals surface area contributed by atoms with Crippen molar-refractivity contribution in [3.05, 3.63) is 23.4 Å². The molecule has 0 spiro atoms. The van der Waals surface area contributed by atoms with Gasteiger partial charge in [-0.25, -0.2) is 15.0 Å². The summed E-state index contributed by atoms with van der Waals surface area (Å²) >= 11 is 7.36. The smallest absolute Gasteiger partial charge is 0.189 e. The van der Waals surface area contributed by atoms with Gasteiger partial charge in [-0.3, -0.25) is 5.10 Å². The molecular formula is C10H12ClN5S. The van der Waals surface area contributed by atoms with E-state index in [1.54, 1.807) is 6.07 Å². The van der Waals surface area contributed by atoms with Gasteiger partial charge in [0.1, 0.15) is 22.3 Å². The van der Waals surface area contributed by atoms with Crippen molar-refractivity contribution < 1.29 is 0 Å². The molecule has 0 radical (unpaired) electrons. The lowest BCUT2D eigenvalue weighted by molar-refractivity contribution is 0.538. The minimum absolute atomic E-state index is 0.137. The van der Waals surface area contributed by atoms with Gasteiger partial charge in [-0.1, -0.05) is 32.4 Å². The Bertz CT molecular complexity index is 506. The van der Waals surface area contributed by atoms with E-state index in [4.69, 9.17) is 11.6 Å². The third-order valence-electron chi connectivity index (χ3n) is 1.94. The lowest BCUT2D eigenvalue weighted by atomic mass is 9.96. The molecule has 2 aromatic heterocycles. The summed E-state index contributed by atoms with van der Waals surface area (Å²) in [7, 11) is 0. The molecule has 90 valence electrons. The van der Waals surface area contributed by atoms with Gasteiger partial charge < -0.3 is 0 Å². The van der Waals surface area contributed by atoms with E-state index in [0.29, 0.717) is 16.1 Å². The van der Waals surface area contributed by atoms with Crippen LogP contribution in [0.5, 0.6) is 0 Å². The van der Waals surface area contributed by atoms with Crippen LogP contribution in [0.4, 0.5) is 0 Å². The molecule has 2 rings (SSSR count). The third-order valence-corrected chi connectivity index (χ3v) is 2.94. The maximum Gasteiger partial charge on any atom is 0.189 e. The summed E-state index contributed by atoms with van der Waals surface area (Å²) < 4.78 is 0. The molecule has 2 heterocycles. The van der Waals surface area contributed by atoms with Gasteiger partial charge in [0, 0.05) is 11.5 Å². The number of halogens is 1. The number of rotatable bonds is 2. The van der Waals surface area contributed by atoms with E-state index < -0.39 is 0 Å². The van der Waals surface area contributed by atoms with Crippen LogP contribution in [0.2, 0.25) is 5.15 Å². The van der Waals surface area contributed by atoms with Crippen molar-refractivity contribution in [2.75, 3.05) is 0 Å². The molecule has 2 aromatic rings. The van der Waals surface area contributed by atoms with Gasteiger partial charge in [0.2, 0.25) is 0 Å². The first-order valence-electron chi connectivity index (χ1n) is 5.03. The first-order chi connectivity index (χ1) is 7.95. The second-order valence-corrected chi connectivity index (χ2v) is 5.89. The van der Waals surface area contributed by atoms with Crippen LogP contribution in [-0.2, 0) is 5.41 Å². The lowest BCUT2D eigenvalue weighted by Gasteiger charge is -2.16. The molecule has 0 amide bonds. The second-order valence-electron chi connectivity index (χ2n) is 4.50. The SMILES string of the molecule is CC(C)(C)c1nc(Cl)cc(Sc2ncn[nH]2)n1. The van der Waals surface area contributed by atoms with E-state index in [2.05, 4.69) is 25.1 Å². The van der Waals surface area contributed by atoms with Gasteiger partial charge in [0.05, 0.1) is 0 Å². The van der Waals surface area contributed by atoms with Gasteiger partial charge in [0.15, 0.2) is 5.16 Å². The molecule has 0 saturated carbocycles. The number of nitrogens with zero attached hydrogens (tertiary/aromatic N) is 4. The molecule has 17 heavy (non-hydrogen) atoms. The highest BCUT2D eigenvalue weighted by molar-refractivity contribution is 7.99. The topological polar surface area (TPSA) is 67.3 Å². The lowest BCUT2D eigenvalue weighted by Crippen LogP contribution is -2.16. The fourth-order valence-electron chi connectivity index (χ4n) is 1.13. The van der Waals surface area contributed by atoms with E-state index >= 15 is 0 Å². The first kappa shape index (κ1) is 12.3. The molecule has 0 bridgehead atoms. The minimum atomic E-state index is -0.137. The van der Waals surface area contributed by atoms with E-state index in [0.717, 1.165) is 5.03 Å². The molecule has 0 fully saturated rings. The molecule has 0 aliphatic carbocycles. The van der Waals surface area contributed by atoms with Crippen LogP contribution in [0.3, 0.4) is 0 Å². The van der Waals surface area contributed by atoms with Gasteiger partial charge in [-0.2, -0.15) is 5.10 Å². The van der Waals surface area contributed by atoms with Crippen molar-refractivity contribution in [1.82, 2.24) is 25.1 Å². The number of H-pyrrole nitrogens is 1. The average molecular weight is 270 g/mol. The Hall–Kier alpha value is -1.14. The Balaban J connectivity index is 2.32. The second kappa shape index (κ2) is 4.62. The molecule has 1 N–H and O–H groups in total. The summed E-state index contributed by atoms with van der Waals surface area (Å²) in [4.78, 5) is 12.7. The van der Waals surface area contributed by atoms with Crippen molar-refractivity contribution in [1.29, 1.82) is 0 Å². The van der Waals surface area contributed by atoms with Gasteiger partial charge in [-0.15, -0.1) is 0 Å². The summed E-state index contributed by atoms with van der Waals surface area (Å²) in [6.45, 7) is 6.13. The normalized spacial score (nSPS) is 11.8. The molecule has 0 atom stereocenters. The van der Waals surface area contributed by atoms with E-state index in [-0.39, 0.29) is 5.41 Å². The molecular weight excluding hydrogens is 258 g/mol. The zero-order chi connectivity index (χ0) is 12.5. The Labute approximate surface area is 108 Å². The van der Waals surface area contributed by atoms with E-state index in [1.807, 2.05) is 20.8 Å². The average Bonchev–Trinajstić information content (AvgIpc) is 2.68. The zero-order valence-corrected chi connectivity index (χ0v) is 11.3. The largest absolute Gasteiger partial charge is 0.254 e. The molecule has 0 aliphatic heterocycles. The Kier molecular flexibility index (Phi) is 3.35. The van der Waals surface area contributed by atoms with E-state index in [9.17, 15) is 0 Å². The number of aromatic amines is 1. The molecule has 0 aromatic carbocycles. The number of hydrogen-bond acceptors (Lipinski definition) is 5. The Morgan fingerprint density at radius 3 is 2.65 bits per heavy atom. The Morgan fingerprint density at radius 1 is 1.29 bits per heavy atom. The Morgan fingerprint density at radius 2 is 2.06 bits per heavy atom. The van der Waals surface area contributed by atoms with Crippen LogP contribution >= 0.6 is 23.4 Å². The van der Waals surface area contributed by atoms with Crippen LogP contribution in [0.15, 0.2) is 22.6 Å². The van der Waals surface area contributed by atoms with Crippen molar-refractivity contribution in [3.8, 4) is 0 Å². The minimum Gasteiger partial charge on any atom is -0.254 e. The highest BCUT2D eigenvalue weighted by atomic mass is 35.5. The predicted molar refractivity (Wildman–Crippen MR) is 66.2 cm³/mol. The fraction of sp³-hybridized carbons (Fsp3) is 0.400. The maximum absolute atomic E-state index is 5.99. The zero-order valence-electron chi connectivity index (χ0n) is 9.73.